The highest BCUT2D eigenvalue weighted by molar-refractivity contribution is 5.16. The summed E-state index contributed by atoms with van der Waals surface area (Å²) in [5.41, 5.74) is 1.62. The van der Waals surface area contributed by atoms with Crippen molar-refractivity contribution < 1.29 is 10.2 Å². The van der Waals surface area contributed by atoms with Crippen molar-refractivity contribution in [2.24, 2.45) is 0 Å². The Morgan fingerprint density at radius 3 is 2.52 bits per heavy atom. The summed E-state index contributed by atoms with van der Waals surface area (Å²) < 4.78 is 0. The summed E-state index contributed by atoms with van der Waals surface area (Å²) in [5.74, 6) is 0. The number of β-amino-alcohol motifs (C(OH)–C–C–N with tert-alkyl or cyclic N) is 1. The predicted octanol–water partition coefficient (Wildman–Crippen LogP) is 0.417. The van der Waals surface area contributed by atoms with Crippen molar-refractivity contribution >= 4 is 0 Å². The number of hydrogen-bond donors (Lipinski definition) is 2. The third-order valence-electron chi connectivity index (χ3n) is 6.22. The van der Waals surface area contributed by atoms with E-state index in [4.69, 9.17) is 5.11 Å². The summed E-state index contributed by atoms with van der Waals surface area (Å²) in [6.07, 6.45) is 2.71. The fraction of sp³-hybridized carbons (Fsp3) is 0.700. The summed E-state index contributed by atoms with van der Waals surface area (Å²) in [6.45, 7) is 7.56. The van der Waals surface area contributed by atoms with Gasteiger partial charge in [0, 0.05) is 58.5 Å². The summed E-state index contributed by atoms with van der Waals surface area (Å²) in [7, 11) is 0. The van der Waals surface area contributed by atoms with Gasteiger partial charge < -0.3 is 10.2 Å². The van der Waals surface area contributed by atoms with Crippen molar-refractivity contribution in [3.63, 3.8) is 0 Å². The lowest BCUT2D eigenvalue weighted by atomic mass is 9.83. The second-order valence-corrected chi connectivity index (χ2v) is 8.18. The Bertz CT molecular complexity index is 561. The van der Waals surface area contributed by atoms with Crippen LogP contribution in [0.1, 0.15) is 18.4 Å². The summed E-state index contributed by atoms with van der Waals surface area (Å²) >= 11 is 0. The average molecular weight is 345 g/mol. The standard InChI is InChI=1S/C20H31N3O2/c24-10-4-8-22-15-20(16-22)14-21(9-7-17-5-2-1-3-6-17)12-18-11-19(25)13-23(18)20/h1-3,5-6,18-19,24-25H,4,7-16H2. The van der Waals surface area contributed by atoms with Gasteiger partial charge in [-0.25, -0.2) is 0 Å². The molecule has 4 rings (SSSR count). The molecule has 2 unspecified atom stereocenters. The second-order valence-electron chi connectivity index (χ2n) is 8.18. The highest BCUT2D eigenvalue weighted by Crippen LogP contribution is 2.38. The Morgan fingerprint density at radius 2 is 1.76 bits per heavy atom. The van der Waals surface area contributed by atoms with Crippen molar-refractivity contribution in [2.45, 2.75) is 36.9 Å². The maximum absolute atomic E-state index is 10.2. The molecule has 1 spiro atoms. The molecular formula is C20H31N3O2. The van der Waals surface area contributed by atoms with Gasteiger partial charge in [-0.15, -0.1) is 0 Å². The average Bonchev–Trinajstić information content (AvgIpc) is 2.97. The molecule has 3 fully saturated rings. The van der Waals surface area contributed by atoms with E-state index in [-0.39, 0.29) is 18.2 Å². The minimum Gasteiger partial charge on any atom is -0.396 e. The zero-order valence-corrected chi connectivity index (χ0v) is 15.1. The molecular weight excluding hydrogens is 314 g/mol. The van der Waals surface area contributed by atoms with Gasteiger partial charge in [0.2, 0.25) is 0 Å². The molecule has 2 atom stereocenters. The molecule has 25 heavy (non-hydrogen) atoms. The van der Waals surface area contributed by atoms with E-state index in [1.807, 2.05) is 0 Å². The molecule has 0 radical (unpaired) electrons. The number of fused-ring (bicyclic) bond motifs is 2. The molecule has 0 amide bonds. The first-order chi connectivity index (χ1) is 12.2. The lowest BCUT2D eigenvalue weighted by Crippen LogP contribution is -2.78. The summed E-state index contributed by atoms with van der Waals surface area (Å²) in [6, 6.07) is 11.2. The monoisotopic (exact) mass is 345 g/mol. The molecule has 3 aliphatic rings. The van der Waals surface area contributed by atoms with Gasteiger partial charge in [0.05, 0.1) is 11.6 Å². The van der Waals surface area contributed by atoms with Crippen LogP contribution in [0.15, 0.2) is 30.3 Å². The molecule has 0 bridgehead atoms. The quantitative estimate of drug-likeness (QED) is 0.783. The SMILES string of the molecule is OCCCN1CC2(CN(CCc3ccccc3)CC3CC(O)CN32)C1. The lowest BCUT2D eigenvalue weighted by Gasteiger charge is -2.61. The van der Waals surface area contributed by atoms with E-state index in [0.29, 0.717) is 6.04 Å². The van der Waals surface area contributed by atoms with Gasteiger partial charge in [0.25, 0.3) is 0 Å². The van der Waals surface area contributed by atoms with Gasteiger partial charge in [-0.2, -0.15) is 0 Å². The number of piperazine rings is 1. The topological polar surface area (TPSA) is 50.2 Å². The Labute approximate surface area is 150 Å². The normalized spacial score (nSPS) is 29.7. The van der Waals surface area contributed by atoms with Gasteiger partial charge in [-0.3, -0.25) is 14.7 Å². The van der Waals surface area contributed by atoms with Crippen molar-refractivity contribution in [2.75, 3.05) is 52.4 Å². The lowest BCUT2D eigenvalue weighted by molar-refractivity contribution is -0.113. The third-order valence-corrected chi connectivity index (χ3v) is 6.22. The van der Waals surface area contributed by atoms with Crippen LogP contribution in [-0.4, -0.2) is 95.0 Å². The molecule has 5 heteroatoms. The van der Waals surface area contributed by atoms with Crippen molar-refractivity contribution in [1.82, 2.24) is 14.7 Å². The minimum atomic E-state index is -0.164. The van der Waals surface area contributed by atoms with E-state index in [0.717, 1.165) is 65.1 Å². The number of benzene rings is 1. The molecule has 5 nitrogen and oxygen atoms in total. The fourth-order valence-electron chi connectivity index (χ4n) is 5.14. The van der Waals surface area contributed by atoms with Crippen LogP contribution < -0.4 is 0 Å². The van der Waals surface area contributed by atoms with Crippen molar-refractivity contribution in [3.8, 4) is 0 Å². The van der Waals surface area contributed by atoms with E-state index in [1.54, 1.807) is 0 Å². The van der Waals surface area contributed by atoms with Crippen LogP contribution >= 0.6 is 0 Å². The molecule has 0 aromatic heterocycles. The molecule has 138 valence electrons. The Hall–Kier alpha value is -0.980. The van der Waals surface area contributed by atoms with Crippen LogP contribution in [0.4, 0.5) is 0 Å². The number of nitrogens with zero attached hydrogens (tertiary/aromatic N) is 3. The smallest absolute Gasteiger partial charge is 0.0682 e. The number of hydrogen-bond acceptors (Lipinski definition) is 5. The molecule has 3 saturated heterocycles. The summed E-state index contributed by atoms with van der Waals surface area (Å²) in [4.78, 5) is 7.68. The van der Waals surface area contributed by atoms with Crippen LogP contribution in [0.25, 0.3) is 0 Å². The first kappa shape index (κ1) is 17.4. The van der Waals surface area contributed by atoms with E-state index in [1.165, 1.54) is 5.56 Å². The number of aliphatic hydroxyl groups is 2. The zero-order chi connectivity index (χ0) is 17.3. The van der Waals surface area contributed by atoms with E-state index in [9.17, 15) is 5.11 Å². The maximum Gasteiger partial charge on any atom is 0.0682 e. The van der Waals surface area contributed by atoms with E-state index in [2.05, 4.69) is 45.0 Å². The highest BCUT2D eigenvalue weighted by Gasteiger charge is 2.55. The first-order valence-electron chi connectivity index (χ1n) is 9.73. The van der Waals surface area contributed by atoms with Crippen LogP contribution in [0.3, 0.4) is 0 Å². The van der Waals surface area contributed by atoms with Crippen LogP contribution in [0, 0.1) is 0 Å². The molecule has 3 heterocycles. The number of aliphatic hydroxyl groups excluding tert-OH is 2. The van der Waals surface area contributed by atoms with Gasteiger partial charge in [-0.1, -0.05) is 30.3 Å². The van der Waals surface area contributed by atoms with E-state index >= 15 is 0 Å². The highest BCUT2D eigenvalue weighted by atomic mass is 16.3. The van der Waals surface area contributed by atoms with Crippen LogP contribution in [-0.2, 0) is 6.42 Å². The molecule has 3 aliphatic heterocycles. The Kier molecular flexibility index (Phi) is 5.11. The van der Waals surface area contributed by atoms with Crippen LogP contribution in [0.5, 0.6) is 0 Å². The first-order valence-corrected chi connectivity index (χ1v) is 9.73. The van der Waals surface area contributed by atoms with Crippen molar-refractivity contribution in [3.05, 3.63) is 35.9 Å². The van der Waals surface area contributed by atoms with Crippen LogP contribution in [0.2, 0.25) is 0 Å². The molecule has 1 aromatic rings. The number of likely N-dealkylation sites (tertiary alicyclic amines) is 1. The van der Waals surface area contributed by atoms with Gasteiger partial charge in [0.1, 0.15) is 0 Å². The van der Waals surface area contributed by atoms with E-state index < -0.39 is 0 Å². The van der Waals surface area contributed by atoms with Gasteiger partial charge >= 0.3 is 0 Å². The third kappa shape index (κ3) is 3.62. The molecule has 0 saturated carbocycles. The minimum absolute atomic E-state index is 0.164. The van der Waals surface area contributed by atoms with Gasteiger partial charge in [0.15, 0.2) is 0 Å². The zero-order valence-electron chi connectivity index (χ0n) is 15.1. The Balaban J connectivity index is 1.39. The largest absolute Gasteiger partial charge is 0.396 e. The number of rotatable bonds is 6. The molecule has 2 N–H and O–H groups in total. The second kappa shape index (κ2) is 7.33. The predicted molar refractivity (Wildman–Crippen MR) is 98.6 cm³/mol. The maximum atomic E-state index is 10.2. The summed E-state index contributed by atoms with van der Waals surface area (Å²) in [5, 5.41) is 19.3. The molecule has 1 aromatic carbocycles. The van der Waals surface area contributed by atoms with Gasteiger partial charge in [-0.05, 0) is 24.8 Å². The fourth-order valence-corrected chi connectivity index (χ4v) is 5.14. The van der Waals surface area contributed by atoms with Crippen molar-refractivity contribution in [1.29, 1.82) is 0 Å². The Morgan fingerprint density at radius 1 is 1.00 bits per heavy atom. The molecule has 0 aliphatic carbocycles.